The Morgan fingerprint density at radius 3 is 3.11 bits per heavy atom. The van der Waals surface area contributed by atoms with Gasteiger partial charge in [0.25, 0.3) is 0 Å². The van der Waals surface area contributed by atoms with Crippen LogP contribution in [0.1, 0.15) is 12.7 Å². The van der Waals surface area contributed by atoms with Crippen molar-refractivity contribution in [3.8, 4) is 5.75 Å². The third-order valence-electron chi connectivity index (χ3n) is 2.52. The van der Waals surface area contributed by atoms with Gasteiger partial charge in [-0.15, -0.1) is 11.8 Å². The summed E-state index contributed by atoms with van der Waals surface area (Å²) in [4.78, 5) is 18.1. The number of aromatic nitrogens is 2. The smallest absolute Gasteiger partial charge is 0.313 e. The maximum absolute atomic E-state index is 10.4. The number of ether oxygens (including phenoxy) is 1. The Bertz CT molecular complexity index is 568. The first-order valence-corrected chi connectivity index (χ1v) is 7.25. The van der Waals surface area contributed by atoms with E-state index in [2.05, 4.69) is 9.97 Å². The third kappa shape index (κ3) is 3.89. The first-order valence-electron chi connectivity index (χ1n) is 6.10. The van der Waals surface area contributed by atoms with E-state index < -0.39 is 5.97 Å². The van der Waals surface area contributed by atoms with E-state index in [-0.39, 0.29) is 5.75 Å². The Morgan fingerprint density at radius 2 is 2.37 bits per heavy atom. The summed E-state index contributed by atoms with van der Waals surface area (Å²) in [6.07, 6.45) is 0.733. The van der Waals surface area contributed by atoms with E-state index in [1.54, 1.807) is 0 Å². The molecule has 0 bridgehead atoms. The Labute approximate surface area is 115 Å². The molecule has 0 radical (unpaired) electrons. The molecule has 0 aliphatic carbocycles. The molecule has 0 aliphatic heterocycles. The van der Waals surface area contributed by atoms with Crippen molar-refractivity contribution in [2.24, 2.45) is 0 Å². The Hall–Kier alpha value is -1.69. The first-order chi connectivity index (χ1) is 9.19. The number of benzene rings is 1. The van der Waals surface area contributed by atoms with Crippen molar-refractivity contribution in [2.75, 3.05) is 18.1 Å². The van der Waals surface area contributed by atoms with Gasteiger partial charge in [-0.3, -0.25) is 4.79 Å². The molecule has 2 rings (SSSR count). The summed E-state index contributed by atoms with van der Waals surface area (Å²) in [6.45, 7) is 2.58. The van der Waals surface area contributed by atoms with Gasteiger partial charge in [0.15, 0.2) is 0 Å². The van der Waals surface area contributed by atoms with Gasteiger partial charge in [-0.2, -0.15) is 0 Å². The molecule has 0 saturated heterocycles. The highest BCUT2D eigenvalue weighted by Gasteiger charge is 2.05. The van der Waals surface area contributed by atoms with Crippen molar-refractivity contribution in [3.05, 3.63) is 24.0 Å². The van der Waals surface area contributed by atoms with E-state index in [9.17, 15) is 4.79 Å². The zero-order valence-corrected chi connectivity index (χ0v) is 11.5. The predicted molar refractivity (Wildman–Crippen MR) is 75.9 cm³/mol. The largest absolute Gasteiger partial charge is 0.494 e. The molecule has 19 heavy (non-hydrogen) atoms. The molecule has 0 atom stereocenters. The number of hydrogen-bond donors (Lipinski definition) is 2. The molecule has 2 N–H and O–H groups in total. The number of aromatic amines is 1. The van der Waals surface area contributed by atoms with Crippen LogP contribution in [0.4, 0.5) is 0 Å². The molecule has 0 unspecified atom stereocenters. The summed E-state index contributed by atoms with van der Waals surface area (Å²) in [6, 6.07) is 5.75. The highest BCUT2D eigenvalue weighted by Crippen LogP contribution is 2.19. The third-order valence-corrected chi connectivity index (χ3v) is 3.47. The summed E-state index contributed by atoms with van der Waals surface area (Å²) in [5.74, 6) is 1.79. The van der Waals surface area contributed by atoms with E-state index >= 15 is 0 Å². The van der Waals surface area contributed by atoms with Gasteiger partial charge < -0.3 is 14.8 Å². The average Bonchev–Trinajstić information content (AvgIpc) is 2.77. The van der Waals surface area contributed by atoms with Crippen LogP contribution >= 0.6 is 11.8 Å². The maximum atomic E-state index is 10.4. The molecule has 0 fully saturated rings. The van der Waals surface area contributed by atoms with Crippen LogP contribution in [0, 0.1) is 0 Å². The van der Waals surface area contributed by atoms with Crippen molar-refractivity contribution < 1.29 is 14.6 Å². The number of carboxylic acids is 1. The molecule has 5 nitrogen and oxygen atoms in total. The number of carboxylic acid groups (broad SMARTS) is 1. The van der Waals surface area contributed by atoms with Gasteiger partial charge in [0.05, 0.1) is 23.4 Å². The van der Waals surface area contributed by atoms with Gasteiger partial charge in [-0.05, 0) is 19.1 Å². The molecular formula is C13H16N2O3S. The lowest BCUT2D eigenvalue weighted by atomic mass is 10.3. The number of nitrogens with zero attached hydrogens (tertiary/aromatic N) is 1. The van der Waals surface area contributed by atoms with Crippen LogP contribution in [-0.4, -0.2) is 39.2 Å². The number of nitrogens with one attached hydrogen (secondary N) is 1. The topological polar surface area (TPSA) is 75.2 Å². The fourth-order valence-corrected chi connectivity index (χ4v) is 2.40. The number of hydrogen-bond acceptors (Lipinski definition) is 4. The number of aryl methyl sites for hydroxylation is 1. The molecule has 2 aromatic rings. The van der Waals surface area contributed by atoms with E-state index in [0.717, 1.165) is 34.8 Å². The minimum atomic E-state index is -0.782. The monoisotopic (exact) mass is 280 g/mol. The fraction of sp³-hybridized carbons (Fsp3) is 0.385. The summed E-state index contributed by atoms with van der Waals surface area (Å²) in [7, 11) is 0. The van der Waals surface area contributed by atoms with Crippen molar-refractivity contribution in [1.82, 2.24) is 9.97 Å². The van der Waals surface area contributed by atoms with E-state index in [0.29, 0.717) is 6.61 Å². The molecule has 0 spiro atoms. The van der Waals surface area contributed by atoms with Crippen molar-refractivity contribution >= 4 is 28.8 Å². The molecule has 1 heterocycles. The highest BCUT2D eigenvalue weighted by atomic mass is 32.2. The van der Waals surface area contributed by atoms with E-state index in [1.807, 2.05) is 25.1 Å². The number of H-pyrrole nitrogens is 1. The molecule has 0 aliphatic rings. The number of imidazole rings is 1. The zero-order chi connectivity index (χ0) is 13.7. The lowest BCUT2D eigenvalue weighted by Gasteiger charge is -2.00. The van der Waals surface area contributed by atoms with E-state index in [4.69, 9.17) is 9.84 Å². The van der Waals surface area contributed by atoms with Gasteiger partial charge in [-0.25, -0.2) is 4.98 Å². The molecule has 1 aromatic heterocycles. The van der Waals surface area contributed by atoms with E-state index in [1.165, 1.54) is 11.8 Å². The minimum Gasteiger partial charge on any atom is -0.494 e. The van der Waals surface area contributed by atoms with Crippen LogP contribution in [0.15, 0.2) is 18.2 Å². The normalized spacial score (nSPS) is 10.8. The standard InChI is InChI=1S/C13H16N2O3S/c1-2-18-9-3-4-10-11(7-9)15-12(14-10)5-6-19-8-13(16)17/h3-4,7H,2,5-6,8H2,1H3,(H,14,15)(H,16,17). The number of rotatable bonds is 7. The van der Waals surface area contributed by atoms with Gasteiger partial charge >= 0.3 is 5.97 Å². The molecule has 1 aromatic carbocycles. The van der Waals surface area contributed by atoms with Crippen LogP contribution in [0.5, 0.6) is 5.75 Å². The molecule has 0 amide bonds. The second kappa shape index (κ2) is 6.47. The van der Waals surface area contributed by atoms with Gasteiger partial charge in [0.2, 0.25) is 0 Å². The summed E-state index contributed by atoms with van der Waals surface area (Å²) >= 11 is 1.39. The van der Waals surface area contributed by atoms with Gasteiger partial charge in [0.1, 0.15) is 11.6 Å². The lowest BCUT2D eigenvalue weighted by molar-refractivity contribution is -0.133. The maximum Gasteiger partial charge on any atom is 0.313 e. The first kappa shape index (κ1) is 13.7. The second-order valence-corrected chi connectivity index (χ2v) is 5.10. The number of carbonyl (C=O) groups is 1. The highest BCUT2D eigenvalue weighted by molar-refractivity contribution is 7.99. The average molecular weight is 280 g/mol. The predicted octanol–water partition coefficient (Wildman–Crippen LogP) is 2.32. The van der Waals surface area contributed by atoms with Crippen LogP contribution in [0.25, 0.3) is 11.0 Å². The fourth-order valence-electron chi connectivity index (χ4n) is 1.74. The molecule has 0 saturated carbocycles. The number of aliphatic carboxylic acids is 1. The Kier molecular flexibility index (Phi) is 4.68. The molecular weight excluding hydrogens is 264 g/mol. The quantitative estimate of drug-likeness (QED) is 0.761. The number of fused-ring (bicyclic) bond motifs is 1. The summed E-state index contributed by atoms with van der Waals surface area (Å²) < 4.78 is 5.43. The van der Waals surface area contributed by atoms with Crippen LogP contribution in [0.2, 0.25) is 0 Å². The Morgan fingerprint density at radius 1 is 1.53 bits per heavy atom. The minimum absolute atomic E-state index is 0.134. The van der Waals surface area contributed by atoms with Crippen molar-refractivity contribution in [1.29, 1.82) is 0 Å². The zero-order valence-electron chi connectivity index (χ0n) is 10.7. The molecule has 6 heteroatoms. The summed E-state index contributed by atoms with van der Waals surface area (Å²) in [5.41, 5.74) is 1.85. The SMILES string of the molecule is CCOc1ccc2nc(CCSCC(=O)O)[nH]c2c1. The van der Waals surface area contributed by atoms with Gasteiger partial charge in [-0.1, -0.05) is 0 Å². The number of thioether (sulfide) groups is 1. The summed E-state index contributed by atoms with van der Waals surface area (Å²) in [5, 5.41) is 8.55. The Balaban J connectivity index is 1.98. The van der Waals surface area contributed by atoms with Gasteiger partial charge in [0, 0.05) is 18.2 Å². The van der Waals surface area contributed by atoms with Crippen LogP contribution < -0.4 is 4.74 Å². The van der Waals surface area contributed by atoms with Crippen LogP contribution in [-0.2, 0) is 11.2 Å². The van der Waals surface area contributed by atoms with Crippen molar-refractivity contribution in [2.45, 2.75) is 13.3 Å². The molecule has 102 valence electrons. The second-order valence-electron chi connectivity index (χ2n) is 3.99. The van der Waals surface area contributed by atoms with Crippen LogP contribution in [0.3, 0.4) is 0 Å². The van der Waals surface area contributed by atoms with Crippen molar-refractivity contribution in [3.63, 3.8) is 0 Å². The lowest BCUT2D eigenvalue weighted by Crippen LogP contribution is -2.00.